The van der Waals surface area contributed by atoms with Crippen molar-refractivity contribution in [1.82, 2.24) is 5.43 Å². The van der Waals surface area contributed by atoms with E-state index < -0.39 is 11.9 Å². The van der Waals surface area contributed by atoms with Gasteiger partial charge in [-0.15, -0.1) is 11.3 Å². The van der Waals surface area contributed by atoms with Gasteiger partial charge in [-0.3, -0.25) is 4.79 Å². The Morgan fingerprint density at radius 3 is 2.59 bits per heavy atom. The summed E-state index contributed by atoms with van der Waals surface area (Å²) in [7, 11) is 0. The number of ether oxygens (including phenoxy) is 2. The monoisotopic (exact) mass is 598 g/mol. The molecule has 190 valence electrons. The Morgan fingerprint density at radius 2 is 1.84 bits per heavy atom. The van der Waals surface area contributed by atoms with E-state index in [1.807, 2.05) is 43.3 Å². The molecule has 0 radical (unpaired) electrons. The van der Waals surface area contributed by atoms with Crippen molar-refractivity contribution in [2.45, 2.75) is 26.7 Å². The molecule has 9 heteroatoms. The summed E-state index contributed by atoms with van der Waals surface area (Å²) in [6.45, 7) is 5.89. The Labute approximate surface area is 232 Å². The van der Waals surface area contributed by atoms with E-state index in [-0.39, 0.29) is 12.5 Å². The molecule has 37 heavy (non-hydrogen) atoms. The van der Waals surface area contributed by atoms with Gasteiger partial charge in [0, 0.05) is 20.1 Å². The number of carbonyl (C=O) groups is 2. The highest BCUT2D eigenvalue weighted by Gasteiger charge is 2.20. The minimum Gasteiger partial charge on any atom is -0.483 e. The highest BCUT2D eigenvalue weighted by molar-refractivity contribution is 9.10. The zero-order valence-corrected chi connectivity index (χ0v) is 23.5. The van der Waals surface area contributed by atoms with Gasteiger partial charge < -0.3 is 9.47 Å². The van der Waals surface area contributed by atoms with Gasteiger partial charge in [-0.25, -0.2) is 10.2 Å². The van der Waals surface area contributed by atoms with Crippen LogP contribution in [0.1, 0.15) is 46.1 Å². The first-order chi connectivity index (χ1) is 17.7. The molecule has 1 amide bonds. The molecule has 0 fully saturated rings. The Balaban J connectivity index is 1.40. The van der Waals surface area contributed by atoms with Gasteiger partial charge in [0.2, 0.25) is 0 Å². The van der Waals surface area contributed by atoms with Crippen LogP contribution in [0.2, 0.25) is 5.02 Å². The van der Waals surface area contributed by atoms with Crippen molar-refractivity contribution in [1.29, 1.82) is 0 Å². The van der Waals surface area contributed by atoms with Crippen LogP contribution in [0.3, 0.4) is 0 Å². The molecule has 0 aliphatic heterocycles. The SMILES string of the molecule is Cc1cc(OCC(=O)N/N=C/c2ccccc2OC(=O)c2sc3ccccc3c2Cl)c(C(C)C)cc1Br. The van der Waals surface area contributed by atoms with Crippen molar-refractivity contribution in [3.05, 3.63) is 91.7 Å². The van der Waals surface area contributed by atoms with Gasteiger partial charge in [-0.05, 0) is 54.3 Å². The molecule has 4 rings (SSSR count). The molecule has 1 heterocycles. The number of hydrogen-bond acceptors (Lipinski definition) is 6. The maximum atomic E-state index is 12.8. The smallest absolute Gasteiger partial charge is 0.355 e. The van der Waals surface area contributed by atoms with Crippen molar-refractivity contribution in [2.24, 2.45) is 5.10 Å². The lowest BCUT2D eigenvalue weighted by Gasteiger charge is -2.15. The number of para-hydroxylation sites is 1. The number of hydrogen-bond donors (Lipinski definition) is 1. The number of nitrogens with one attached hydrogen (secondary N) is 1. The summed E-state index contributed by atoms with van der Waals surface area (Å²) in [6, 6.07) is 18.3. The number of halogens is 2. The van der Waals surface area contributed by atoms with E-state index in [1.54, 1.807) is 24.3 Å². The summed E-state index contributed by atoms with van der Waals surface area (Å²) in [5.74, 6) is 0.206. The van der Waals surface area contributed by atoms with Crippen LogP contribution >= 0.6 is 38.9 Å². The van der Waals surface area contributed by atoms with Crippen LogP contribution in [0, 0.1) is 6.92 Å². The van der Waals surface area contributed by atoms with E-state index in [0.717, 1.165) is 25.7 Å². The Morgan fingerprint density at radius 1 is 1.11 bits per heavy atom. The van der Waals surface area contributed by atoms with Crippen molar-refractivity contribution >= 4 is 67.0 Å². The number of rotatable bonds is 8. The minimum atomic E-state index is -0.560. The molecular weight excluding hydrogens is 576 g/mol. The molecule has 0 bridgehead atoms. The van der Waals surface area contributed by atoms with Crippen molar-refractivity contribution in [3.8, 4) is 11.5 Å². The predicted octanol–water partition coefficient (Wildman–Crippen LogP) is 7.50. The molecule has 3 aromatic carbocycles. The summed E-state index contributed by atoms with van der Waals surface area (Å²) < 4.78 is 13.3. The number of amides is 1. The number of fused-ring (bicyclic) bond motifs is 1. The molecule has 0 aliphatic carbocycles. The summed E-state index contributed by atoms with van der Waals surface area (Å²) in [4.78, 5) is 25.5. The second kappa shape index (κ2) is 11.9. The second-order valence-corrected chi connectivity index (χ2v) is 10.8. The third-order valence-electron chi connectivity index (χ3n) is 5.51. The molecule has 1 N–H and O–H groups in total. The van der Waals surface area contributed by atoms with Crippen molar-refractivity contribution in [3.63, 3.8) is 0 Å². The third kappa shape index (κ3) is 6.39. The molecule has 0 unspecified atom stereocenters. The van der Waals surface area contributed by atoms with Gasteiger partial charge in [0.15, 0.2) is 6.61 Å². The van der Waals surface area contributed by atoms with E-state index >= 15 is 0 Å². The normalized spacial score (nSPS) is 11.3. The van der Waals surface area contributed by atoms with Crippen LogP contribution in [0.5, 0.6) is 11.5 Å². The van der Waals surface area contributed by atoms with Gasteiger partial charge >= 0.3 is 5.97 Å². The van der Waals surface area contributed by atoms with E-state index in [2.05, 4.69) is 40.3 Å². The standard InChI is InChI=1S/C28H24BrClN2O4S/c1-16(2)20-13-21(29)17(3)12-23(20)35-15-25(33)32-31-14-18-8-4-6-10-22(18)36-28(34)27-26(30)19-9-5-7-11-24(19)37-27/h4-14,16H,15H2,1-3H3,(H,32,33)/b31-14+. The molecule has 6 nitrogen and oxygen atoms in total. The number of aryl methyl sites for hydroxylation is 1. The maximum Gasteiger partial charge on any atom is 0.355 e. The first kappa shape index (κ1) is 26.9. The molecular formula is C28H24BrClN2O4S. The number of hydrazone groups is 1. The van der Waals surface area contributed by atoms with Crippen LogP contribution in [0.25, 0.3) is 10.1 Å². The molecule has 0 spiro atoms. The lowest BCUT2D eigenvalue weighted by Crippen LogP contribution is -2.25. The predicted molar refractivity (Wildman–Crippen MR) is 152 cm³/mol. The van der Waals surface area contributed by atoms with Gasteiger partial charge in [-0.2, -0.15) is 5.10 Å². The Kier molecular flexibility index (Phi) is 8.63. The average molecular weight is 600 g/mol. The first-order valence-corrected chi connectivity index (χ1v) is 13.5. The molecule has 0 saturated heterocycles. The van der Waals surface area contributed by atoms with Gasteiger partial charge in [-0.1, -0.05) is 71.7 Å². The lowest BCUT2D eigenvalue weighted by molar-refractivity contribution is -0.123. The number of carbonyl (C=O) groups excluding carboxylic acids is 2. The topological polar surface area (TPSA) is 77.0 Å². The average Bonchev–Trinajstić information content (AvgIpc) is 3.22. The van der Waals surface area contributed by atoms with Crippen LogP contribution in [-0.4, -0.2) is 24.7 Å². The summed E-state index contributed by atoms with van der Waals surface area (Å²) >= 11 is 11.2. The second-order valence-electron chi connectivity index (χ2n) is 8.54. The highest BCUT2D eigenvalue weighted by Crippen LogP contribution is 2.36. The fraction of sp³-hybridized carbons (Fsp3) is 0.179. The molecule has 4 aromatic rings. The molecule has 0 saturated carbocycles. The quantitative estimate of drug-likeness (QED) is 0.0985. The fourth-order valence-electron chi connectivity index (χ4n) is 3.57. The fourth-order valence-corrected chi connectivity index (χ4v) is 5.31. The summed E-state index contributed by atoms with van der Waals surface area (Å²) in [5, 5.41) is 5.18. The van der Waals surface area contributed by atoms with Crippen molar-refractivity contribution in [2.75, 3.05) is 6.61 Å². The zero-order valence-electron chi connectivity index (χ0n) is 20.4. The van der Waals surface area contributed by atoms with Crippen molar-refractivity contribution < 1.29 is 19.1 Å². The van der Waals surface area contributed by atoms with Crippen LogP contribution in [-0.2, 0) is 4.79 Å². The maximum absolute atomic E-state index is 12.8. The number of nitrogens with zero attached hydrogens (tertiary/aromatic N) is 1. The van der Waals surface area contributed by atoms with Crippen LogP contribution < -0.4 is 14.9 Å². The summed E-state index contributed by atoms with van der Waals surface area (Å²) in [6.07, 6.45) is 1.41. The highest BCUT2D eigenvalue weighted by atomic mass is 79.9. The lowest BCUT2D eigenvalue weighted by atomic mass is 10.0. The van der Waals surface area contributed by atoms with Gasteiger partial charge in [0.1, 0.15) is 16.4 Å². The van der Waals surface area contributed by atoms with Gasteiger partial charge in [0.25, 0.3) is 5.91 Å². The molecule has 0 aliphatic rings. The Hall–Kier alpha value is -3.20. The largest absolute Gasteiger partial charge is 0.483 e. The summed E-state index contributed by atoms with van der Waals surface area (Å²) in [5.41, 5.74) is 4.98. The molecule has 1 aromatic heterocycles. The van der Waals surface area contributed by atoms with Crippen LogP contribution in [0.15, 0.2) is 70.2 Å². The zero-order chi connectivity index (χ0) is 26.5. The van der Waals surface area contributed by atoms with E-state index in [0.29, 0.717) is 27.0 Å². The van der Waals surface area contributed by atoms with E-state index in [1.165, 1.54) is 17.6 Å². The third-order valence-corrected chi connectivity index (χ3v) is 8.02. The number of thiophene rings is 1. The first-order valence-electron chi connectivity index (χ1n) is 11.5. The minimum absolute atomic E-state index is 0.195. The Bertz CT molecular complexity index is 1500. The number of benzene rings is 3. The van der Waals surface area contributed by atoms with Crippen LogP contribution in [0.4, 0.5) is 0 Å². The van der Waals surface area contributed by atoms with Gasteiger partial charge in [0.05, 0.1) is 11.2 Å². The van der Waals surface area contributed by atoms with E-state index in [9.17, 15) is 9.59 Å². The van der Waals surface area contributed by atoms with E-state index in [4.69, 9.17) is 21.1 Å². The number of esters is 1. The molecule has 0 atom stereocenters.